The third-order valence-electron chi connectivity index (χ3n) is 3.16. The summed E-state index contributed by atoms with van der Waals surface area (Å²) in [6.45, 7) is 0. The molecule has 1 aromatic rings. The molecule has 0 aromatic heterocycles. The number of aromatic hydroxyl groups is 1. The predicted molar refractivity (Wildman–Crippen MR) is 60.2 cm³/mol. The van der Waals surface area contributed by atoms with Crippen molar-refractivity contribution < 1.29 is 5.11 Å². The highest BCUT2D eigenvalue weighted by molar-refractivity contribution is 7.99. The van der Waals surface area contributed by atoms with E-state index in [1.54, 1.807) is 6.07 Å². The number of hydrogen-bond acceptors (Lipinski definition) is 3. The Morgan fingerprint density at radius 1 is 1.43 bits per heavy atom. The highest BCUT2D eigenvalue weighted by atomic mass is 32.2. The number of para-hydroxylation sites is 1. The summed E-state index contributed by atoms with van der Waals surface area (Å²) in [5, 5.41) is 13.2. The average Bonchev–Trinajstić information content (AvgIpc) is 2.59. The Morgan fingerprint density at radius 3 is 3.29 bits per heavy atom. The van der Waals surface area contributed by atoms with Crippen LogP contribution in [-0.2, 0) is 0 Å². The Morgan fingerprint density at radius 2 is 2.36 bits per heavy atom. The van der Waals surface area contributed by atoms with Crippen LogP contribution in [0.25, 0.3) is 0 Å². The minimum absolute atomic E-state index is 0.405. The van der Waals surface area contributed by atoms with Gasteiger partial charge < -0.3 is 10.4 Å². The fourth-order valence-corrected chi connectivity index (χ4v) is 3.68. The van der Waals surface area contributed by atoms with Crippen molar-refractivity contribution in [1.29, 1.82) is 0 Å². The van der Waals surface area contributed by atoms with Gasteiger partial charge >= 0.3 is 0 Å². The van der Waals surface area contributed by atoms with Gasteiger partial charge in [-0.25, -0.2) is 0 Å². The Kier molecular flexibility index (Phi) is 1.87. The SMILES string of the molecule is Oc1cccc2c1NC1CCSCC21. The van der Waals surface area contributed by atoms with Crippen LogP contribution in [0, 0.1) is 0 Å². The molecule has 3 heteroatoms. The summed E-state index contributed by atoms with van der Waals surface area (Å²) >= 11 is 2.02. The van der Waals surface area contributed by atoms with E-state index in [0.717, 1.165) is 5.69 Å². The van der Waals surface area contributed by atoms with Crippen molar-refractivity contribution in [2.75, 3.05) is 16.8 Å². The molecular weight excluding hydrogens is 194 g/mol. The molecule has 0 spiro atoms. The highest BCUT2D eigenvalue weighted by Crippen LogP contribution is 2.45. The number of phenols is 1. The first-order valence-electron chi connectivity index (χ1n) is 5.02. The van der Waals surface area contributed by atoms with Gasteiger partial charge in [0.25, 0.3) is 0 Å². The van der Waals surface area contributed by atoms with Gasteiger partial charge in [0.1, 0.15) is 5.75 Å². The maximum atomic E-state index is 9.71. The van der Waals surface area contributed by atoms with Gasteiger partial charge in [-0.3, -0.25) is 0 Å². The number of anilines is 1. The molecule has 0 saturated carbocycles. The number of phenolic OH excluding ortho intramolecular Hbond substituents is 1. The summed E-state index contributed by atoms with van der Waals surface area (Å²) < 4.78 is 0. The van der Waals surface area contributed by atoms with Gasteiger partial charge in [0, 0.05) is 17.7 Å². The summed E-state index contributed by atoms with van der Waals surface area (Å²) in [4.78, 5) is 0. The molecule has 2 unspecified atom stereocenters. The number of thioether (sulfide) groups is 1. The van der Waals surface area contributed by atoms with Gasteiger partial charge in [-0.05, 0) is 23.8 Å². The largest absolute Gasteiger partial charge is 0.506 e. The Hall–Kier alpha value is -0.830. The van der Waals surface area contributed by atoms with E-state index in [1.807, 2.05) is 17.8 Å². The molecule has 1 saturated heterocycles. The Bertz CT molecular complexity index is 366. The summed E-state index contributed by atoms with van der Waals surface area (Å²) in [6.07, 6.45) is 1.21. The number of benzene rings is 1. The minimum atomic E-state index is 0.405. The summed E-state index contributed by atoms with van der Waals surface area (Å²) in [6, 6.07) is 6.39. The number of fused-ring (bicyclic) bond motifs is 3. The minimum Gasteiger partial charge on any atom is -0.506 e. The zero-order valence-corrected chi connectivity index (χ0v) is 8.68. The predicted octanol–water partition coefficient (Wildman–Crippen LogP) is 2.41. The van der Waals surface area contributed by atoms with E-state index in [-0.39, 0.29) is 0 Å². The molecule has 1 aromatic carbocycles. The summed E-state index contributed by atoms with van der Waals surface area (Å²) in [7, 11) is 0. The molecule has 2 heterocycles. The molecule has 0 bridgehead atoms. The first kappa shape index (κ1) is 8.48. The van der Waals surface area contributed by atoms with Crippen LogP contribution in [0.3, 0.4) is 0 Å². The molecule has 3 rings (SSSR count). The number of hydrogen-bond donors (Lipinski definition) is 2. The van der Waals surface area contributed by atoms with E-state index >= 15 is 0 Å². The van der Waals surface area contributed by atoms with Crippen LogP contribution in [0.15, 0.2) is 18.2 Å². The zero-order chi connectivity index (χ0) is 9.54. The quantitative estimate of drug-likeness (QED) is 0.641. The molecule has 0 radical (unpaired) electrons. The topological polar surface area (TPSA) is 32.3 Å². The van der Waals surface area contributed by atoms with Crippen molar-refractivity contribution >= 4 is 17.4 Å². The molecular formula is C11H13NOS. The second-order valence-corrected chi connectivity index (χ2v) is 5.11. The summed E-state index contributed by atoms with van der Waals surface area (Å²) in [5.74, 6) is 3.44. The van der Waals surface area contributed by atoms with Crippen LogP contribution >= 0.6 is 11.8 Å². The van der Waals surface area contributed by atoms with Crippen LogP contribution in [0.2, 0.25) is 0 Å². The molecule has 2 N–H and O–H groups in total. The Labute approximate surface area is 87.7 Å². The number of rotatable bonds is 0. The maximum absolute atomic E-state index is 9.71. The Balaban J connectivity index is 2.05. The smallest absolute Gasteiger partial charge is 0.138 e. The summed E-state index contributed by atoms with van der Waals surface area (Å²) in [5.41, 5.74) is 2.28. The van der Waals surface area contributed by atoms with Crippen LogP contribution < -0.4 is 5.32 Å². The van der Waals surface area contributed by atoms with Crippen molar-refractivity contribution in [1.82, 2.24) is 0 Å². The molecule has 2 aliphatic rings. The van der Waals surface area contributed by atoms with Gasteiger partial charge in [-0.15, -0.1) is 0 Å². The molecule has 0 amide bonds. The molecule has 14 heavy (non-hydrogen) atoms. The molecule has 74 valence electrons. The van der Waals surface area contributed by atoms with E-state index in [1.165, 1.54) is 23.5 Å². The standard InChI is InChI=1S/C11H13NOS/c13-10-3-1-2-7-8-6-14-5-4-9(8)12-11(7)10/h1-3,8-9,12-13H,4-6H2. The normalized spacial score (nSPS) is 29.1. The van der Waals surface area contributed by atoms with Gasteiger partial charge in [0.2, 0.25) is 0 Å². The van der Waals surface area contributed by atoms with Crippen LogP contribution in [0.5, 0.6) is 5.75 Å². The third kappa shape index (κ3) is 1.12. The fraction of sp³-hybridized carbons (Fsp3) is 0.455. The van der Waals surface area contributed by atoms with Crippen molar-refractivity contribution in [3.63, 3.8) is 0 Å². The highest BCUT2D eigenvalue weighted by Gasteiger charge is 2.35. The average molecular weight is 207 g/mol. The van der Waals surface area contributed by atoms with Crippen molar-refractivity contribution in [3.05, 3.63) is 23.8 Å². The second kappa shape index (κ2) is 3.09. The van der Waals surface area contributed by atoms with Gasteiger partial charge in [0.05, 0.1) is 5.69 Å². The van der Waals surface area contributed by atoms with Crippen LogP contribution in [0.4, 0.5) is 5.69 Å². The third-order valence-corrected chi connectivity index (χ3v) is 4.28. The van der Waals surface area contributed by atoms with Gasteiger partial charge in [-0.1, -0.05) is 12.1 Å². The molecule has 2 aliphatic heterocycles. The van der Waals surface area contributed by atoms with Crippen molar-refractivity contribution in [3.8, 4) is 5.75 Å². The maximum Gasteiger partial charge on any atom is 0.138 e. The zero-order valence-electron chi connectivity index (χ0n) is 7.86. The lowest BCUT2D eigenvalue weighted by Gasteiger charge is -2.24. The first-order chi connectivity index (χ1) is 6.86. The lowest BCUT2D eigenvalue weighted by atomic mass is 9.95. The lowest BCUT2D eigenvalue weighted by Crippen LogP contribution is -2.26. The van der Waals surface area contributed by atoms with Crippen LogP contribution in [-0.4, -0.2) is 22.7 Å². The van der Waals surface area contributed by atoms with E-state index in [4.69, 9.17) is 0 Å². The van der Waals surface area contributed by atoms with E-state index in [2.05, 4.69) is 11.4 Å². The van der Waals surface area contributed by atoms with Crippen LogP contribution in [0.1, 0.15) is 17.9 Å². The monoisotopic (exact) mass is 207 g/mol. The van der Waals surface area contributed by atoms with Crippen molar-refractivity contribution in [2.24, 2.45) is 0 Å². The number of nitrogens with one attached hydrogen (secondary N) is 1. The fourth-order valence-electron chi connectivity index (χ4n) is 2.43. The molecule has 0 aliphatic carbocycles. The van der Waals surface area contributed by atoms with E-state index in [9.17, 15) is 5.11 Å². The van der Waals surface area contributed by atoms with E-state index in [0.29, 0.717) is 17.7 Å². The first-order valence-corrected chi connectivity index (χ1v) is 6.18. The second-order valence-electron chi connectivity index (χ2n) is 3.96. The van der Waals surface area contributed by atoms with E-state index < -0.39 is 0 Å². The molecule has 2 atom stereocenters. The van der Waals surface area contributed by atoms with Crippen molar-refractivity contribution in [2.45, 2.75) is 18.4 Å². The van der Waals surface area contributed by atoms with Gasteiger partial charge in [0.15, 0.2) is 0 Å². The molecule has 1 fully saturated rings. The lowest BCUT2D eigenvalue weighted by molar-refractivity contribution is 0.477. The molecule has 2 nitrogen and oxygen atoms in total. The van der Waals surface area contributed by atoms with Gasteiger partial charge in [-0.2, -0.15) is 11.8 Å².